The van der Waals surface area contributed by atoms with Crippen LogP contribution in [0.1, 0.15) is 19.5 Å². The highest BCUT2D eigenvalue weighted by Crippen LogP contribution is 2.14. The molecule has 0 saturated carbocycles. The van der Waals surface area contributed by atoms with E-state index >= 15 is 0 Å². The molecule has 14 heavy (non-hydrogen) atoms. The van der Waals surface area contributed by atoms with E-state index in [9.17, 15) is 0 Å². The zero-order valence-electron chi connectivity index (χ0n) is 9.50. The fourth-order valence-electron chi connectivity index (χ4n) is 1.11. The van der Waals surface area contributed by atoms with E-state index in [0.29, 0.717) is 12.0 Å². The summed E-state index contributed by atoms with van der Waals surface area (Å²) in [5.74, 6) is 1.63. The van der Waals surface area contributed by atoms with Gasteiger partial charge in [0.25, 0.3) is 0 Å². The van der Waals surface area contributed by atoms with Crippen molar-refractivity contribution in [1.82, 2.24) is 9.97 Å². The van der Waals surface area contributed by atoms with Crippen LogP contribution in [0.3, 0.4) is 0 Å². The Labute approximate surface area is 85.4 Å². The maximum atomic E-state index is 4.38. The van der Waals surface area contributed by atoms with Crippen molar-refractivity contribution in [3.05, 3.63) is 11.8 Å². The van der Waals surface area contributed by atoms with Crippen molar-refractivity contribution >= 4 is 11.8 Å². The molecule has 0 unspecified atom stereocenters. The van der Waals surface area contributed by atoms with Crippen LogP contribution in [0.25, 0.3) is 0 Å². The molecule has 0 aliphatic heterocycles. The molecule has 1 heterocycles. The van der Waals surface area contributed by atoms with Crippen molar-refractivity contribution in [3.8, 4) is 0 Å². The minimum absolute atomic E-state index is 0.439. The third-order valence-electron chi connectivity index (χ3n) is 2.20. The topological polar surface area (TPSA) is 41.1 Å². The second-order valence-corrected chi connectivity index (χ2v) is 3.65. The number of rotatable bonds is 3. The summed E-state index contributed by atoms with van der Waals surface area (Å²) in [4.78, 5) is 10.7. The molecule has 0 spiro atoms. The van der Waals surface area contributed by atoms with Crippen LogP contribution in [0.5, 0.6) is 0 Å². The first-order valence-corrected chi connectivity index (χ1v) is 4.81. The Morgan fingerprint density at radius 1 is 1.36 bits per heavy atom. The lowest BCUT2D eigenvalue weighted by Gasteiger charge is -2.23. The van der Waals surface area contributed by atoms with E-state index in [-0.39, 0.29) is 0 Å². The molecule has 0 amide bonds. The van der Waals surface area contributed by atoms with E-state index in [2.05, 4.69) is 34.0 Å². The van der Waals surface area contributed by atoms with Crippen molar-refractivity contribution in [2.75, 3.05) is 24.3 Å². The lowest BCUT2D eigenvalue weighted by Crippen LogP contribution is -2.27. The van der Waals surface area contributed by atoms with E-state index in [1.54, 1.807) is 0 Å². The van der Waals surface area contributed by atoms with Gasteiger partial charge in [-0.25, -0.2) is 4.98 Å². The first-order valence-electron chi connectivity index (χ1n) is 4.81. The van der Waals surface area contributed by atoms with E-state index in [1.807, 2.05) is 27.1 Å². The summed E-state index contributed by atoms with van der Waals surface area (Å²) >= 11 is 0. The van der Waals surface area contributed by atoms with Gasteiger partial charge in [-0.3, -0.25) is 0 Å². The van der Waals surface area contributed by atoms with Crippen LogP contribution in [-0.2, 0) is 0 Å². The van der Waals surface area contributed by atoms with Crippen LogP contribution in [0.4, 0.5) is 11.8 Å². The third-order valence-corrected chi connectivity index (χ3v) is 2.20. The minimum Gasteiger partial charge on any atom is -0.357 e. The molecule has 4 heteroatoms. The Hall–Kier alpha value is -1.32. The van der Waals surface area contributed by atoms with Crippen LogP contribution in [0.15, 0.2) is 6.07 Å². The number of aryl methyl sites for hydroxylation is 1. The van der Waals surface area contributed by atoms with Crippen LogP contribution in [-0.4, -0.2) is 30.1 Å². The molecule has 1 aromatic rings. The molecule has 0 saturated heterocycles. The smallest absolute Gasteiger partial charge is 0.224 e. The largest absolute Gasteiger partial charge is 0.357 e. The molecule has 4 nitrogen and oxygen atoms in total. The van der Waals surface area contributed by atoms with E-state index in [0.717, 1.165) is 11.5 Å². The highest BCUT2D eigenvalue weighted by atomic mass is 15.2. The third kappa shape index (κ3) is 2.34. The standard InChI is InChI=1S/C10H18N4/c1-7(2)14(5)9-6-8(3)12-10(11-4)13-9/h6-7H,1-5H3,(H,11,12,13). The summed E-state index contributed by atoms with van der Waals surface area (Å²) in [5, 5.41) is 2.95. The number of nitrogens with one attached hydrogen (secondary N) is 1. The summed E-state index contributed by atoms with van der Waals surface area (Å²) in [5.41, 5.74) is 0.979. The molecule has 78 valence electrons. The molecule has 1 aromatic heterocycles. The summed E-state index contributed by atoms with van der Waals surface area (Å²) in [6, 6.07) is 2.43. The molecule has 0 radical (unpaired) electrons. The Bertz CT molecular complexity index is 309. The second kappa shape index (κ2) is 4.26. The molecule has 0 fully saturated rings. The Kier molecular flexibility index (Phi) is 3.28. The zero-order valence-corrected chi connectivity index (χ0v) is 9.50. The van der Waals surface area contributed by atoms with Gasteiger partial charge >= 0.3 is 0 Å². The van der Waals surface area contributed by atoms with Crippen LogP contribution >= 0.6 is 0 Å². The van der Waals surface area contributed by atoms with Crippen LogP contribution < -0.4 is 10.2 Å². The highest BCUT2D eigenvalue weighted by Gasteiger charge is 2.08. The zero-order chi connectivity index (χ0) is 10.7. The van der Waals surface area contributed by atoms with E-state index in [1.165, 1.54) is 0 Å². The number of aromatic nitrogens is 2. The van der Waals surface area contributed by atoms with Crippen molar-refractivity contribution in [2.24, 2.45) is 0 Å². The van der Waals surface area contributed by atoms with Gasteiger partial charge in [0.05, 0.1) is 0 Å². The molecule has 1 N–H and O–H groups in total. The SMILES string of the molecule is CNc1nc(C)cc(N(C)C(C)C)n1. The molecular formula is C10H18N4. The Morgan fingerprint density at radius 3 is 2.50 bits per heavy atom. The van der Waals surface area contributed by atoms with Gasteiger partial charge in [0.1, 0.15) is 5.82 Å². The van der Waals surface area contributed by atoms with Crippen LogP contribution in [0, 0.1) is 6.92 Å². The van der Waals surface area contributed by atoms with Gasteiger partial charge in [0, 0.05) is 31.9 Å². The lowest BCUT2D eigenvalue weighted by atomic mass is 10.3. The van der Waals surface area contributed by atoms with Gasteiger partial charge in [0.2, 0.25) is 5.95 Å². The number of anilines is 2. The quantitative estimate of drug-likeness (QED) is 0.794. The van der Waals surface area contributed by atoms with Crippen molar-refractivity contribution in [2.45, 2.75) is 26.8 Å². The summed E-state index contributed by atoms with van der Waals surface area (Å²) in [6.07, 6.45) is 0. The first kappa shape index (κ1) is 10.8. The fourth-order valence-corrected chi connectivity index (χ4v) is 1.11. The maximum Gasteiger partial charge on any atom is 0.224 e. The van der Waals surface area contributed by atoms with Crippen molar-refractivity contribution < 1.29 is 0 Å². The number of hydrogen-bond donors (Lipinski definition) is 1. The summed E-state index contributed by atoms with van der Waals surface area (Å²) < 4.78 is 0. The molecular weight excluding hydrogens is 176 g/mol. The van der Waals surface area contributed by atoms with Gasteiger partial charge in [-0.1, -0.05) is 0 Å². The molecule has 0 aliphatic carbocycles. The van der Waals surface area contributed by atoms with Gasteiger partial charge < -0.3 is 10.2 Å². The van der Waals surface area contributed by atoms with E-state index in [4.69, 9.17) is 0 Å². The Balaban J connectivity index is 3.02. The second-order valence-electron chi connectivity index (χ2n) is 3.65. The highest BCUT2D eigenvalue weighted by molar-refractivity contribution is 5.44. The molecule has 1 rings (SSSR count). The van der Waals surface area contributed by atoms with Gasteiger partial charge in [0.15, 0.2) is 0 Å². The summed E-state index contributed by atoms with van der Waals surface area (Å²) in [6.45, 7) is 6.24. The summed E-state index contributed by atoms with van der Waals surface area (Å²) in [7, 11) is 3.86. The normalized spacial score (nSPS) is 10.4. The van der Waals surface area contributed by atoms with Crippen molar-refractivity contribution in [3.63, 3.8) is 0 Å². The van der Waals surface area contributed by atoms with Crippen LogP contribution in [0.2, 0.25) is 0 Å². The van der Waals surface area contributed by atoms with Crippen molar-refractivity contribution in [1.29, 1.82) is 0 Å². The predicted octanol–water partition coefficient (Wildman–Crippen LogP) is 1.67. The average Bonchev–Trinajstić information content (AvgIpc) is 2.15. The number of nitrogens with zero attached hydrogens (tertiary/aromatic N) is 3. The lowest BCUT2D eigenvalue weighted by molar-refractivity contribution is 0.741. The predicted molar refractivity (Wildman–Crippen MR) is 59.9 cm³/mol. The molecule has 0 atom stereocenters. The van der Waals surface area contributed by atoms with E-state index < -0.39 is 0 Å². The molecule has 0 aliphatic rings. The number of hydrogen-bond acceptors (Lipinski definition) is 4. The fraction of sp³-hybridized carbons (Fsp3) is 0.600. The van der Waals surface area contributed by atoms with Gasteiger partial charge in [-0.15, -0.1) is 0 Å². The maximum absolute atomic E-state index is 4.38. The van der Waals surface area contributed by atoms with Gasteiger partial charge in [-0.2, -0.15) is 4.98 Å². The Morgan fingerprint density at radius 2 is 2.00 bits per heavy atom. The average molecular weight is 194 g/mol. The molecule has 0 bridgehead atoms. The first-order chi connectivity index (χ1) is 6.54. The molecule has 0 aromatic carbocycles. The van der Waals surface area contributed by atoms with Gasteiger partial charge in [-0.05, 0) is 20.8 Å². The minimum atomic E-state index is 0.439. The monoisotopic (exact) mass is 194 g/mol.